The van der Waals surface area contributed by atoms with Crippen molar-refractivity contribution in [3.63, 3.8) is 0 Å². The standard InChI is InChI=1S/C35H43F3N2/c1-7-12-28-20-30(25(6)19-24(28)5)31(21-39)34(29(8-2)27-13-10-11-14-27)33-18-17-26(22-40-33)16-15-23(4)32(9-3)35(36,37)38/h7,12,15,17-20,22,27,29,32H,8-11,13-14,16H2,1-6H3. The molecule has 40 heavy (non-hydrogen) atoms. The SMILES string of the molecule is CC=Cc1cc(C(C#N)=C(c2ccc(CC=C(C)C(CC)C(F)(F)F)cn2)C(CC)C2CCCC2)c(C)cc1C. The van der Waals surface area contributed by atoms with E-state index in [9.17, 15) is 18.4 Å². The van der Waals surface area contributed by atoms with Crippen LogP contribution in [0, 0.1) is 42.9 Å². The molecule has 2 atom stereocenters. The quantitative estimate of drug-likeness (QED) is 0.219. The van der Waals surface area contributed by atoms with Crippen LogP contribution in [0.2, 0.25) is 0 Å². The first kappa shape index (κ1) is 31.4. The van der Waals surface area contributed by atoms with Gasteiger partial charge < -0.3 is 0 Å². The topological polar surface area (TPSA) is 36.7 Å². The number of alkyl halides is 3. The van der Waals surface area contributed by atoms with Gasteiger partial charge >= 0.3 is 6.18 Å². The van der Waals surface area contributed by atoms with Gasteiger partial charge in [0.2, 0.25) is 0 Å². The number of aromatic nitrogens is 1. The van der Waals surface area contributed by atoms with Crippen molar-refractivity contribution in [3.05, 3.63) is 81.7 Å². The van der Waals surface area contributed by atoms with Crippen LogP contribution in [0.1, 0.15) is 99.7 Å². The van der Waals surface area contributed by atoms with Gasteiger partial charge in [0.05, 0.1) is 17.2 Å². The molecule has 1 aromatic carbocycles. The average molecular weight is 549 g/mol. The Labute approximate surface area is 238 Å². The predicted molar refractivity (Wildman–Crippen MR) is 160 cm³/mol. The summed E-state index contributed by atoms with van der Waals surface area (Å²) in [5.74, 6) is -0.709. The zero-order chi connectivity index (χ0) is 29.4. The normalized spacial score (nSPS) is 17.1. The molecule has 2 nitrogen and oxygen atoms in total. The maximum atomic E-state index is 13.4. The van der Waals surface area contributed by atoms with E-state index >= 15 is 0 Å². The van der Waals surface area contributed by atoms with Gasteiger partial charge in [-0.15, -0.1) is 0 Å². The number of hydrogen-bond donors (Lipinski definition) is 0. The van der Waals surface area contributed by atoms with Gasteiger partial charge in [0.1, 0.15) is 6.07 Å². The Balaban J connectivity index is 2.11. The zero-order valence-electron chi connectivity index (χ0n) is 24.8. The smallest absolute Gasteiger partial charge is 0.256 e. The lowest BCUT2D eigenvalue weighted by Gasteiger charge is -2.27. The summed E-state index contributed by atoms with van der Waals surface area (Å²) in [6, 6.07) is 10.7. The highest BCUT2D eigenvalue weighted by Crippen LogP contribution is 2.44. The molecule has 214 valence electrons. The fourth-order valence-electron chi connectivity index (χ4n) is 6.34. The van der Waals surface area contributed by atoms with Crippen LogP contribution in [0.4, 0.5) is 13.2 Å². The van der Waals surface area contributed by atoms with Crippen molar-refractivity contribution in [1.29, 1.82) is 5.26 Å². The van der Waals surface area contributed by atoms with Gasteiger partial charge in [-0.1, -0.05) is 62.6 Å². The van der Waals surface area contributed by atoms with Gasteiger partial charge in [-0.25, -0.2) is 0 Å². The number of hydrogen-bond acceptors (Lipinski definition) is 2. The molecule has 2 unspecified atom stereocenters. The number of rotatable bonds is 10. The Morgan fingerprint density at radius 1 is 1.10 bits per heavy atom. The third kappa shape index (κ3) is 7.33. The Kier molecular flexibility index (Phi) is 11.0. The van der Waals surface area contributed by atoms with E-state index in [2.05, 4.69) is 45.0 Å². The van der Waals surface area contributed by atoms with E-state index in [1.54, 1.807) is 26.1 Å². The molecular weight excluding hydrogens is 505 g/mol. The third-order valence-electron chi connectivity index (χ3n) is 8.50. The number of benzene rings is 1. The van der Waals surface area contributed by atoms with Crippen molar-refractivity contribution in [3.8, 4) is 6.07 Å². The minimum Gasteiger partial charge on any atom is -0.256 e. The Bertz CT molecular complexity index is 1280. The van der Waals surface area contributed by atoms with Crippen molar-refractivity contribution in [1.82, 2.24) is 4.98 Å². The second-order valence-corrected chi connectivity index (χ2v) is 11.2. The van der Waals surface area contributed by atoms with Gasteiger partial charge in [0.25, 0.3) is 0 Å². The van der Waals surface area contributed by atoms with Crippen molar-refractivity contribution < 1.29 is 13.2 Å². The third-order valence-corrected chi connectivity index (χ3v) is 8.50. The van der Waals surface area contributed by atoms with E-state index in [0.717, 1.165) is 52.8 Å². The molecule has 0 aliphatic heterocycles. The minimum atomic E-state index is -4.23. The fourth-order valence-corrected chi connectivity index (χ4v) is 6.34. The molecule has 5 heteroatoms. The lowest BCUT2D eigenvalue weighted by Crippen LogP contribution is -2.23. The van der Waals surface area contributed by atoms with Crippen LogP contribution in [-0.4, -0.2) is 11.2 Å². The van der Waals surface area contributed by atoms with Crippen molar-refractivity contribution >= 4 is 17.2 Å². The maximum Gasteiger partial charge on any atom is 0.395 e. The van der Waals surface area contributed by atoms with Crippen LogP contribution in [0.25, 0.3) is 17.2 Å². The van der Waals surface area contributed by atoms with Gasteiger partial charge in [0.15, 0.2) is 0 Å². The molecular formula is C35H43F3N2. The van der Waals surface area contributed by atoms with E-state index in [0.29, 0.717) is 23.5 Å². The summed E-state index contributed by atoms with van der Waals surface area (Å²) in [5.41, 5.74) is 7.92. The van der Waals surface area contributed by atoms with Crippen molar-refractivity contribution in [2.75, 3.05) is 0 Å². The van der Waals surface area contributed by atoms with Crippen LogP contribution >= 0.6 is 0 Å². The van der Waals surface area contributed by atoms with Crippen LogP contribution < -0.4 is 0 Å². The molecule has 0 radical (unpaired) electrons. The highest BCUT2D eigenvalue weighted by atomic mass is 19.4. The molecule has 3 rings (SSSR count). The molecule has 0 saturated heterocycles. The molecule has 1 heterocycles. The molecule has 0 spiro atoms. The summed E-state index contributed by atoms with van der Waals surface area (Å²) in [4.78, 5) is 4.84. The van der Waals surface area contributed by atoms with Gasteiger partial charge in [-0.2, -0.15) is 18.4 Å². The Morgan fingerprint density at radius 2 is 1.80 bits per heavy atom. The van der Waals surface area contributed by atoms with Gasteiger partial charge in [-0.05, 0) is 117 Å². The molecule has 1 fully saturated rings. The summed E-state index contributed by atoms with van der Waals surface area (Å²) in [6.45, 7) is 11.5. The summed E-state index contributed by atoms with van der Waals surface area (Å²) >= 11 is 0. The second kappa shape index (κ2) is 14.0. The van der Waals surface area contributed by atoms with E-state index in [1.807, 2.05) is 25.1 Å². The summed E-state index contributed by atoms with van der Waals surface area (Å²) < 4.78 is 40.1. The number of allylic oxidation sites excluding steroid dienone is 5. The predicted octanol–water partition coefficient (Wildman–Crippen LogP) is 10.5. The average Bonchev–Trinajstić information content (AvgIpc) is 3.44. The molecule has 0 bridgehead atoms. The van der Waals surface area contributed by atoms with Crippen molar-refractivity contribution in [2.24, 2.45) is 17.8 Å². The fraction of sp³-hybridized carbons (Fsp3) is 0.486. The number of pyridine rings is 1. The maximum absolute atomic E-state index is 13.4. The first-order valence-corrected chi connectivity index (χ1v) is 14.6. The Morgan fingerprint density at radius 3 is 2.33 bits per heavy atom. The molecule has 1 aliphatic carbocycles. The molecule has 1 aromatic heterocycles. The minimum absolute atomic E-state index is 0.0296. The summed E-state index contributed by atoms with van der Waals surface area (Å²) in [7, 11) is 0. The molecule has 2 aromatic rings. The van der Waals surface area contributed by atoms with Crippen LogP contribution in [-0.2, 0) is 6.42 Å². The van der Waals surface area contributed by atoms with E-state index < -0.39 is 12.1 Å². The highest BCUT2D eigenvalue weighted by molar-refractivity contribution is 5.98. The van der Waals surface area contributed by atoms with Gasteiger partial charge in [0, 0.05) is 6.20 Å². The molecule has 1 aliphatic rings. The summed E-state index contributed by atoms with van der Waals surface area (Å²) in [6.07, 6.45) is 9.33. The van der Waals surface area contributed by atoms with Gasteiger partial charge in [-0.3, -0.25) is 4.98 Å². The van der Waals surface area contributed by atoms with E-state index in [1.165, 1.54) is 18.4 Å². The lowest BCUT2D eigenvalue weighted by molar-refractivity contribution is -0.164. The zero-order valence-corrected chi connectivity index (χ0v) is 24.8. The molecule has 0 N–H and O–H groups in total. The summed E-state index contributed by atoms with van der Waals surface area (Å²) in [5, 5.41) is 10.6. The van der Waals surface area contributed by atoms with Crippen LogP contribution in [0.15, 0.2) is 48.2 Å². The number of halogens is 3. The first-order valence-electron chi connectivity index (χ1n) is 14.6. The first-order chi connectivity index (χ1) is 19.0. The van der Waals surface area contributed by atoms with E-state index in [4.69, 9.17) is 4.98 Å². The second-order valence-electron chi connectivity index (χ2n) is 11.2. The van der Waals surface area contributed by atoms with Crippen LogP contribution in [0.5, 0.6) is 0 Å². The van der Waals surface area contributed by atoms with E-state index in [-0.39, 0.29) is 12.3 Å². The monoisotopic (exact) mass is 548 g/mol. The number of aryl methyl sites for hydroxylation is 2. The molecule has 1 saturated carbocycles. The number of nitriles is 1. The van der Waals surface area contributed by atoms with Crippen molar-refractivity contribution in [2.45, 2.75) is 92.7 Å². The Hall–Kier alpha value is -3.13. The number of nitrogens with zero attached hydrogens (tertiary/aromatic N) is 2. The largest absolute Gasteiger partial charge is 0.395 e. The lowest BCUT2D eigenvalue weighted by atomic mass is 9.77. The molecule has 0 amide bonds. The van der Waals surface area contributed by atoms with Crippen LogP contribution in [0.3, 0.4) is 0 Å². The highest BCUT2D eigenvalue weighted by Gasteiger charge is 2.39.